The van der Waals surface area contributed by atoms with Gasteiger partial charge in [0.2, 0.25) is 0 Å². The first-order chi connectivity index (χ1) is 14.1. The standard InChI is InChI=1S/C26H34O3/c1-26(18-27)11-10-24(15-26)23-9-8-21-12-20(6-7-22(21)14-23)17-29-16-19-4-3-5-25(13-19)28-2/h3-5,8-9,13-14,20,24,27H,6-7,10-12,15-18H2,1-2H3/t20-,24+,26+/m1/s1. The summed E-state index contributed by atoms with van der Waals surface area (Å²) in [4.78, 5) is 0. The molecule has 2 aromatic rings. The summed E-state index contributed by atoms with van der Waals surface area (Å²) in [6.07, 6.45) is 6.93. The number of fused-ring (bicyclic) bond motifs is 1. The Balaban J connectivity index is 1.31. The molecule has 0 unspecified atom stereocenters. The summed E-state index contributed by atoms with van der Waals surface area (Å²) in [5.41, 5.74) is 5.79. The Morgan fingerprint density at radius 1 is 1.10 bits per heavy atom. The van der Waals surface area contributed by atoms with Crippen LogP contribution >= 0.6 is 0 Å². The van der Waals surface area contributed by atoms with E-state index in [9.17, 15) is 5.11 Å². The fourth-order valence-corrected chi connectivity index (χ4v) is 5.10. The molecule has 0 heterocycles. The lowest BCUT2D eigenvalue weighted by molar-refractivity contribution is 0.0822. The minimum atomic E-state index is 0.117. The van der Waals surface area contributed by atoms with Gasteiger partial charge < -0.3 is 14.6 Å². The molecule has 1 N–H and O–H groups in total. The molecule has 1 saturated carbocycles. The molecule has 156 valence electrons. The normalized spacial score (nSPS) is 26.3. The summed E-state index contributed by atoms with van der Waals surface area (Å²) in [5, 5.41) is 9.66. The lowest BCUT2D eigenvalue weighted by Crippen LogP contribution is -2.19. The van der Waals surface area contributed by atoms with Crippen molar-refractivity contribution in [1.82, 2.24) is 0 Å². The molecule has 0 saturated heterocycles. The Bertz CT molecular complexity index is 830. The zero-order chi connectivity index (χ0) is 20.3. The molecule has 0 aromatic heterocycles. The van der Waals surface area contributed by atoms with Crippen LogP contribution < -0.4 is 4.74 Å². The van der Waals surface area contributed by atoms with Crippen molar-refractivity contribution in [2.24, 2.45) is 11.3 Å². The van der Waals surface area contributed by atoms with Crippen LogP contribution in [0.15, 0.2) is 42.5 Å². The van der Waals surface area contributed by atoms with Crippen molar-refractivity contribution in [3.05, 3.63) is 64.7 Å². The Hall–Kier alpha value is -1.84. The Kier molecular flexibility index (Phi) is 6.26. The van der Waals surface area contributed by atoms with Crippen molar-refractivity contribution in [2.75, 3.05) is 20.3 Å². The minimum absolute atomic E-state index is 0.117. The summed E-state index contributed by atoms with van der Waals surface area (Å²) in [6.45, 7) is 3.99. The maximum absolute atomic E-state index is 9.66. The van der Waals surface area contributed by atoms with E-state index in [1.54, 1.807) is 7.11 Å². The van der Waals surface area contributed by atoms with Gasteiger partial charge >= 0.3 is 0 Å². The van der Waals surface area contributed by atoms with Crippen LogP contribution in [0.1, 0.15) is 60.8 Å². The second-order valence-electron chi connectivity index (χ2n) is 9.41. The largest absolute Gasteiger partial charge is 0.497 e. The highest BCUT2D eigenvalue weighted by Crippen LogP contribution is 2.46. The molecule has 0 radical (unpaired) electrons. The van der Waals surface area contributed by atoms with Gasteiger partial charge in [-0.05, 0) is 90.2 Å². The molecule has 2 aliphatic rings. The first-order valence-electron chi connectivity index (χ1n) is 11.0. The summed E-state index contributed by atoms with van der Waals surface area (Å²) < 4.78 is 11.3. The van der Waals surface area contributed by atoms with E-state index in [-0.39, 0.29) is 5.41 Å². The molecule has 4 rings (SSSR count). The molecular weight excluding hydrogens is 360 g/mol. The van der Waals surface area contributed by atoms with Gasteiger partial charge in [0.1, 0.15) is 5.75 Å². The molecule has 0 amide bonds. The van der Waals surface area contributed by atoms with Gasteiger partial charge in [0, 0.05) is 6.61 Å². The third kappa shape index (κ3) is 4.84. The van der Waals surface area contributed by atoms with Gasteiger partial charge in [-0.25, -0.2) is 0 Å². The number of aliphatic hydroxyl groups is 1. The molecule has 3 heteroatoms. The third-order valence-corrected chi connectivity index (χ3v) is 7.01. The molecule has 2 aliphatic carbocycles. The number of ether oxygens (including phenoxy) is 2. The summed E-state index contributed by atoms with van der Waals surface area (Å²) in [5.74, 6) is 2.10. The second kappa shape index (κ2) is 8.89. The molecule has 0 bridgehead atoms. The fourth-order valence-electron chi connectivity index (χ4n) is 5.10. The zero-order valence-electron chi connectivity index (χ0n) is 17.8. The highest BCUT2D eigenvalue weighted by atomic mass is 16.5. The summed E-state index contributed by atoms with van der Waals surface area (Å²) in [6, 6.07) is 15.3. The smallest absolute Gasteiger partial charge is 0.119 e. The molecule has 2 aromatic carbocycles. The zero-order valence-corrected chi connectivity index (χ0v) is 17.8. The number of hydrogen-bond donors (Lipinski definition) is 1. The number of aryl methyl sites for hydroxylation is 1. The predicted octanol–water partition coefficient (Wildman–Crippen LogP) is 5.28. The molecule has 1 fully saturated rings. The molecule has 29 heavy (non-hydrogen) atoms. The van der Waals surface area contributed by atoms with Crippen molar-refractivity contribution >= 4 is 0 Å². The van der Waals surface area contributed by atoms with Crippen LogP contribution in [-0.4, -0.2) is 25.4 Å². The summed E-state index contributed by atoms with van der Waals surface area (Å²) >= 11 is 0. The van der Waals surface area contributed by atoms with Crippen molar-refractivity contribution in [1.29, 1.82) is 0 Å². The van der Waals surface area contributed by atoms with Crippen LogP contribution in [0.3, 0.4) is 0 Å². The van der Waals surface area contributed by atoms with Gasteiger partial charge in [-0.3, -0.25) is 0 Å². The maximum atomic E-state index is 9.66. The van der Waals surface area contributed by atoms with Gasteiger partial charge in [0.15, 0.2) is 0 Å². The van der Waals surface area contributed by atoms with Crippen molar-refractivity contribution in [3.8, 4) is 5.75 Å². The monoisotopic (exact) mass is 394 g/mol. The molecule has 3 atom stereocenters. The lowest BCUT2D eigenvalue weighted by Gasteiger charge is -2.26. The average molecular weight is 395 g/mol. The summed E-state index contributed by atoms with van der Waals surface area (Å²) in [7, 11) is 1.70. The van der Waals surface area contributed by atoms with Gasteiger partial charge in [0.05, 0.1) is 20.3 Å². The number of hydrogen-bond acceptors (Lipinski definition) is 3. The number of rotatable bonds is 7. The van der Waals surface area contributed by atoms with E-state index in [0.29, 0.717) is 25.0 Å². The fraction of sp³-hybridized carbons (Fsp3) is 0.538. The van der Waals surface area contributed by atoms with Crippen molar-refractivity contribution < 1.29 is 14.6 Å². The van der Waals surface area contributed by atoms with Crippen molar-refractivity contribution in [3.63, 3.8) is 0 Å². The Morgan fingerprint density at radius 2 is 2.00 bits per heavy atom. The van der Waals surface area contributed by atoms with Gasteiger partial charge in [-0.2, -0.15) is 0 Å². The third-order valence-electron chi connectivity index (χ3n) is 7.01. The van der Waals surface area contributed by atoms with Crippen LogP contribution in [0, 0.1) is 11.3 Å². The lowest BCUT2D eigenvalue weighted by atomic mass is 9.81. The second-order valence-corrected chi connectivity index (χ2v) is 9.41. The topological polar surface area (TPSA) is 38.7 Å². The first kappa shape index (κ1) is 20.4. The van der Waals surface area contributed by atoms with E-state index in [4.69, 9.17) is 9.47 Å². The Morgan fingerprint density at radius 3 is 2.79 bits per heavy atom. The van der Waals surface area contributed by atoms with E-state index in [1.165, 1.54) is 29.5 Å². The molecule has 3 nitrogen and oxygen atoms in total. The van der Waals surface area contributed by atoms with Crippen LogP contribution in [0.2, 0.25) is 0 Å². The van der Waals surface area contributed by atoms with E-state index in [2.05, 4.69) is 31.2 Å². The van der Waals surface area contributed by atoms with Gasteiger partial charge in [-0.15, -0.1) is 0 Å². The van der Waals surface area contributed by atoms with Crippen LogP contribution in [0.4, 0.5) is 0 Å². The van der Waals surface area contributed by atoms with E-state index >= 15 is 0 Å². The predicted molar refractivity (Wildman–Crippen MR) is 116 cm³/mol. The van der Waals surface area contributed by atoms with Gasteiger partial charge in [0.25, 0.3) is 0 Å². The van der Waals surface area contributed by atoms with E-state index in [1.807, 2.05) is 18.2 Å². The SMILES string of the molecule is COc1cccc(COC[C@@H]2CCc3cc([C@H]4CC[C@](C)(CO)C4)ccc3C2)c1. The average Bonchev–Trinajstić information content (AvgIpc) is 3.16. The van der Waals surface area contributed by atoms with Crippen LogP contribution in [0.5, 0.6) is 5.75 Å². The number of aliphatic hydroxyl groups excluding tert-OH is 1. The molecule has 0 aliphatic heterocycles. The quantitative estimate of drug-likeness (QED) is 0.694. The van der Waals surface area contributed by atoms with E-state index < -0.39 is 0 Å². The highest BCUT2D eigenvalue weighted by Gasteiger charge is 2.35. The first-order valence-corrected chi connectivity index (χ1v) is 11.0. The molecule has 0 spiro atoms. The van der Waals surface area contributed by atoms with Crippen LogP contribution in [-0.2, 0) is 24.2 Å². The molecular formula is C26H34O3. The number of methoxy groups -OCH3 is 1. The van der Waals surface area contributed by atoms with E-state index in [0.717, 1.165) is 43.6 Å². The highest BCUT2D eigenvalue weighted by molar-refractivity contribution is 5.36. The minimum Gasteiger partial charge on any atom is -0.497 e. The van der Waals surface area contributed by atoms with Gasteiger partial charge in [-0.1, -0.05) is 37.3 Å². The maximum Gasteiger partial charge on any atom is 0.119 e. The Labute approximate surface area is 175 Å². The number of benzene rings is 2. The van der Waals surface area contributed by atoms with Crippen LogP contribution in [0.25, 0.3) is 0 Å². The van der Waals surface area contributed by atoms with Crippen molar-refractivity contribution in [2.45, 2.75) is 58.0 Å².